The van der Waals surface area contributed by atoms with E-state index in [9.17, 15) is 0 Å². The number of hydrogen-bond donors (Lipinski definition) is 2. The molecule has 7 aromatic carbocycles. The van der Waals surface area contributed by atoms with Gasteiger partial charge >= 0.3 is 0 Å². The first kappa shape index (κ1) is 35.2. The highest BCUT2D eigenvalue weighted by atomic mass is 14.9. The molecule has 2 nitrogen and oxygen atoms in total. The molecule has 0 atom stereocenters. The summed E-state index contributed by atoms with van der Waals surface area (Å²) in [6.45, 7) is 6.33. The summed E-state index contributed by atoms with van der Waals surface area (Å²) in [6, 6.07) is 64.4. The lowest BCUT2D eigenvalue weighted by atomic mass is 10.0. The Labute approximate surface area is 298 Å². The summed E-state index contributed by atoms with van der Waals surface area (Å²) in [7, 11) is 0. The number of fused-ring (bicyclic) bond motifs is 1. The minimum absolute atomic E-state index is 0.731. The van der Waals surface area contributed by atoms with Gasteiger partial charge in [0.15, 0.2) is 0 Å². The number of rotatable bonds is 9. The van der Waals surface area contributed by atoms with Gasteiger partial charge in [-0.05, 0) is 93.4 Å². The number of benzene rings is 7. The highest BCUT2D eigenvalue weighted by molar-refractivity contribution is 5.88. The zero-order valence-electron chi connectivity index (χ0n) is 28.9. The Bertz CT molecular complexity index is 2020. The summed E-state index contributed by atoms with van der Waals surface area (Å²) in [5.41, 5.74) is 16.2. The van der Waals surface area contributed by atoms with Crippen LogP contribution in [0, 0.1) is 0 Å². The second-order valence-electron chi connectivity index (χ2n) is 12.1. The van der Waals surface area contributed by atoms with Crippen LogP contribution in [0.4, 0.5) is 11.4 Å². The second kappa shape index (κ2) is 19.0. The minimum atomic E-state index is 0.731. The molecule has 0 saturated carbocycles. The topological polar surface area (TPSA) is 38.0 Å². The third-order valence-corrected chi connectivity index (χ3v) is 8.28. The van der Waals surface area contributed by atoms with Gasteiger partial charge in [-0.3, -0.25) is 0 Å². The predicted octanol–water partition coefficient (Wildman–Crippen LogP) is 13.0. The minimum Gasteiger partial charge on any atom is -0.398 e. The molecular weight excluding hydrogens is 605 g/mol. The van der Waals surface area contributed by atoms with Crippen LogP contribution in [-0.2, 0) is 6.42 Å². The monoisotopic (exact) mass is 650 g/mol. The normalized spacial score (nSPS) is 10.6. The molecule has 0 aliphatic rings. The lowest BCUT2D eigenvalue weighted by molar-refractivity contribution is 0.795. The molecule has 7 rings (SSSR count). The summed E-state index contributed by atoms with van der Waals surface area (Å²) < 4.78 is 0. The largest absolute Gasteiger partial charge is 0.398 e. The SMILES string of the molecule is C=C(/C=C(\N)c1ccc2ccccc2c1)c1ccccc1.CCCCc1ccc(-c2ccc(Nc3ccccc3)cc2)cc1.c1ccccc1. The molecule has 0 amide bonds. The van der Waals surface area contributed by atoms with E-state index in [1.54, 1.807) is 0 Å². The van der Waals surface area contributed by atoms with Crippen molar-refractivity contribution in [1.29, 1.82) is 0 Å². The highest BCUT2D eigenvalue weighted by Crippen LogP contribution is 2.25. The third kappa shape index (κ3) is 11.0. The van der Waals surface area contributed by atoms with Crippen LogP contribution in [0.15, 0.2) is 201 Å². The molecule has 0 saturated heterocycles. The maximum atomic E-state index is 6.22. The zero-order valence-corrected chi connectivity index (χ0v) is 28.9. The Morgan fingerprint density at radius 3 is 1.64 bits per heavy atom. The number of allylic oxidation sites excluding steroid dienone is 2. The van der Waals surface area contributed by atoms with E-state index in [0.29, 0.717) is 0 Å². The summed E-state index contributed by atoms with van der Waals surface area (Å²) in [5, 5.41) is 5.82. The van der Waals surface area contributed by atoms with Crippen molar-refractivity contribution < 1.29 is 0 Å². The summed E-state index contributed by atoms with van der Waals surface area (Å²) in [5.74, 6) is 0. The number of anilines is 2. The molecule has 0 aliphatic heterocycles. The van der Waals surface area contributed by atoms with Crippen molar-refractivity contribution in [3.05, 3.63) is 217 Å². The van der Waals surface area contributed by atoms with Crippen molar-refractivity contribution in [2.75, 3.05) is 5.32 Å². The lowest BCUT2D eigenvalue weighted by Gasteiger charge is -2.08. The van der Waals surface area contributed by atoms with Crippen LogP contribution in [-0.4, -0.2) is 0 Å². The molecule has 248 valence electrons. The van der Waals surface area contributed by atoms with E-state index in [4.69, 9.17) is 5.73 Å². The number of para-hydroxylation sites is 1. The second-order valence-corrected chi connectivity index (χ2v) is 12.1. The maximum absolute atomic E-state index is 6.22. The lowest BCUT2D eigenvalue weighted by Crippen LogP contribution is -1.96. The van der Waals surface area contributed by atoms with E-state index >= 15 is 0 Å². The molecule has 7 aromatic rings. The zero-order chi connectivity index (χ0) is 34.8. The number of unbranched alkanes of at least 4 members (excludes halogenated alkanes) is 1. The fraction of sp³-hybridized carbons (Fsp3) is 0.0833. The maximum Gasteiger partial charge on any atom is 0.0393 e. The predicted molar refractivity (Wildman–Crippen MR) is 218 cm³/mol. The fourth-order valence-electron chi connectivity index (χ4n) is 5.44. The molecule has 0 unspecified atom stereocenters. The van der Waals surface area contributed by atoms with E-state index < -0.39 is 0 Å². The first-order valence-electron chi connectivity index (χ1n) is 17.3. The Morgan fingerprint density at radius 2 is 1.04 bits per heavy atom. The van der Waals surface area contributed by atoms with Crippen LogP contribution in [0.3, 0.4) is 0 Å². The summed E-state index contributed by atoms with van der Waals surface area (Å²) in [6.07, 6.45) is 5.62. The van der Waals surface area contributed by atoms with Crippen LogP contribution >= 0.6 is 0 Å². The van der Waals surface area contributed by atoms with E-state index in [2.05, 4.69) is 104 Å². The van der Waals surface area contributed by atoms with Gasteiger partial charge in [0, 0.05) is 17.1 Å². The molecule has 50 heavy (non-hydrogen) atoms. The molecule has 2 heteroatoms. The van der Waals surface area contributed by atoms with Crippen molar-refractivity contribution in [3.63, 3.8) is 0 Å². The van der Waals surface area contributed by atoms with Gasteiger partial charge in [-0.25, -0.2) is 0 Å². The Morgan fingerprint density at radius 1 is 0.540 bits per heavy atom. The first-order valence-corrected chi connectivity index (χ1v) is 17.3. The number of nitrogens with one attached hydrogen (secondary N) is 1. The number of aryl methyl sites for hydroxylation is 1. The first-order chi connectivity index (χ1) is 24.6. The fourth-order valence-corrected chi connectivity index (χ4v) is 5.44. The van der Waals surface area contributed by atoms with Gasteiger partial charge in [-0.15, -0.1) is 0 Å². The van der Waals surface area contributed by atoms with Gasteiger partial charge in [0.05, 0.1) is 0 Å². The van der Waals surface area contributed by atoms with Crippen molar-refractivity contribution in [1.82, 2.24) is 0 Å². The van der Waals surface area contributed by atoms with E-state index in [-0.39, 0.29) is 0 Å². The molecule has 0 aromatic heterocycles. The van der Waals surface area contributed by atoms with Crippen LogP contribution in [0.25, 0.3) is 33.2 Å². The quantitative estimate of drug-likeness (QED) is 0.153. The van der Waals surface area contributed by atoms with Crippen molar-refractivity contribution >= 4 is 33.4 Å². The Balaban J connectivity index is 0.000000167. The molecule has 0 radical (unpaired) electrons. The molecule has 0 spiro atoms. The van der Waals surface area contributed by atoms with Crippen LogP contribution in [0.2, 0.25) is 0 Å². The molecule has 0 aliphatic carbocycles. The van der Waals surface area contributed by atoms with Crippen molar-refractivity contribution in [3.8, 4) is 11.1 Å². The van der Waals surface area contributed by atoms with Crippen LogP contribution in [0.5, 0.6) is 0 Å². The van der Waals surface area contributed by atoms with Gasteiger partial charge in [0.1, 0.15) is 0 Å². The van der Waals surface area contributed by atoms with E-state index in [0.717, 1.165) is 33.8 Å². The van der Waals surface area contributed by atoms with Crippen LogP contribution in [0.1, 0.15) is 36.5 Å². The average Bonchev–Trinajstić information content (AvgIpc) is 3.19. The standard InChI is InChI=1S/C22H23N.C20H17N.C6H6/c1-2-3-7-18-10-12-19(13-11-18)20-14-16-22(17-15-20)23-21-8-5-4-6-9-21;1-15(16-7-3-2-4-8-16)13-20(21)19-12-11-17-9-5-6-10-18(17)14-19;1-2-4-6-5-3-1/h4-6,8-17,23H,2-3,7H2,1H3;2-14H,1,21H2;1-6H/b;20-13-;. The Hall–Kier alpha value is -6.12. The molecule has 3 N–H and O–H groups in total. The molecular formula is C48H46N2. The Kier molecular flexibility index (Phi) is 13.4. The van der Waals surface area contributed by atoms with Gasteiger partial charge < -0.3 is 11.1 Å². The van der Waals surface area contributed by atoms with E-state index in [1.807, 2.05) is 109 Å². The summed E-state index contributed by atoms with van der Waals surface area (Å²) in [4.78, 5) is 0. The van der Waals surface area contributed by atoms with Gasteiger partial charge in [0.25, 0.3) is 0 Å². The smallest absolute Gasteiger partial charge is 0.0393 e. The van der Waals surface area contributed by atoms with Gasteiger partial charge in [0.2, 0.25) is 0 Å². The summed E-state index contributed by atoms with van der Waals surface area (Å²) >= 11 is 0. The third-order valence-electron chi connectivity index (χ3n) is 8.28. The number of hydrogen-bond acceptors (Lipinski definition) is 2. The van der Waals surface area contributed by atoms with Crippen molar-refractivity contribution in [2.24, 2.45) is 5.73 Å². The molecule has 0 fully saturated rings. The van der Waals surface area contributed by atoms with Gasteiger partial charge in [-0.2, -0.15) is 0 Å². The average molecular weight is 651 g/mol. The highest BCUT2D eigenvalue weighted by Gasteiger charge is 2.02. The molecule has 0 bridgehead atoms. The molecule has 0 heterocycles. The van der Waals surface area contributed by atoms with Crippen molar-refractivity contribution in [2.45, 2.75) is 26.2 Å². The van der Waals surface area contributed by atoms with Gasteiger partial charge in [-0.1, -0.05) is 178 Å². The van der Waals surface area contributed by atoms with E-state index in [1.165, 1.54) is 46.7 Å². The van der Waals surface area contributed by atoms with Crippen LogP contribution < -0.4 is 11.1 Å². The number of nitrogens with two attached hydrogens (primary N) is 1.